The summed E-state index contributed by atoms with van der Waals surface area (Å²) in [6.07, 6.45) is 0. The van der Waals surface area contributed by atoms with E-state index in [2.05, 4.69) is 0 Å². The van der Waals surface area contributed by atoms with Crippen LogP contribution in [-0.2, 0) is 9.53 Å². The summed E-state index contributed by atoms with van der Waals surface area (Å²) >= 11 is 5.91. The largest absolute Gasteiger partial charge is 0.377 e. The fraction of sp³-hybridized carbons (Fsp3) is 0.333. The maximum Gasteiger partial charge on any atom is 0.288 e. The number of nitrogens with two attached hydrogens (primary N) is 1. The third-order valence-corrected chi connectivity index (χ3v) is 3.52. The first-order valence-electron chi connectivity index (χ1n) is 6.04. The van der Waals surface area contributed by atoms with Gasteiger partial charge in [0.2, 0.25) is 5.91 Å². The molecule has 1 atom stereocenters. The average molecular weight is 314 g/mol. The van der Waals surface area contributed by atoms with E-state index in [1.54, 1.807) is 0 Å². The molecular formula is C12H12ClN3O5. The van der Waals surface area contributed by atoms with E-state index in [1.807, 2.05) is 0 Å². The van der Waals surface area contributed by atoms with Crippen molar-refractivity contribution in [3.8, 4) is 0 Å². The van der Waals surface area contributed by atoms with Crippen molar-refractivity contribution in [2.24, 2.45) is 5.73 Å². The Balaban J connectivity index is 2.37. The highest BCUT2D eigenvalue weighted by molar-refractivity contribution is 6.35. The van der Waals surface area contributed by atoms with Gasteiger partial charge >= 0.3 is 0 Å². The Labute approximate surface area is 124 Å². The molecule has 1 aromatic carbocycles. The molecule has 1 unspecified atom stereocenters. The van der Waals surface area contributed by atoms with E-state index in [0.717, 1.165) is 0 Å². The van der Waals surface area contributed by atoms with Gasteiger partial charge < -0.3 is 15.4 Å². The second kappa shape index (κ2) is 6.06. The lowest BCUT2D eigenvalue weighted by Crippen LogP contribution is -2.54. The highest BCUT2D eigenvalue weighted by Gasteiger charge is 2.33. The molecule has 21 heavy (non-hydrogen) atoms. The first-order valence-corrected chi connectivity index (χ1v) is 6.42. The Hall–Kier alpha value is -2.19. The number of halogens is 1. The molecule has 1 fully saturated rings. The van der Waals surface area contributed by atoms with Crippen LogP contribution in [0.4, 0.5) is 5.69 Å². The molecule has 1 aliphatic rings. The molecule has 2 amide bonds. The molecule has 1 aromatic rings. The number of hydrogen-bond acceptors (Lipinski definition) is 5. The van der Waals surface area contributed by atoms with Crippen LogP contribution >= 0.6 is 11.6 Å². The van der Waals surface area contributed by atoms with E-state index in [0.29, 0.717) is 0 Å². The molecule has 1 heterocycles. The zero-order chi connectivity index (χ0) is 15.6. The molecule has 8 nitrogen and oxygen atoms in total. The molecule has 0 radical (unpaired) electrons. The fourth-order valence-electron chi connectivity index (χ4n) is 2.06. The normalized spacial score (nSPS) is 18.3. The summed E-state index contributed by atoms with van der Waals surface area (Å²) in [5.74, 6) is -1.29. The summed E-state index contributed by atoms with van der Waals surface area (Å²) in [6, 6.07) is 3.01. The SMILES string of the molecule is NC(=O)C1COCCN1C(=O)c1cccc([N+](=O)[O-])c1Cl. The van der Waals surface area contributed by atoms with Crippen LogP contribution in [0.5, 0.6) is 0 Å². The lowest BCUT2D eigenvalue weighted by Gasteiger charge is -2.33. The molecule has 9 heteroatoms. The first kappa shape index (κ1) is 15.2. The number of carbonyl (C=O) groups is 2. The standard InChI is InChI=1S/C12H12ClN3O5/c13-10-7(2-1-3-8(10)16(19)20)12(18)15-4-5-21-6-9(15)11(14)17/h1-3,9H,4-6H2,(H2,14,17). The van der Waals surface area contributed by atoms with Gasteiger partial charge in [-0.2, -0.15) is 0 Å². The predicted octanol–water partition coefficient (Wildman–Crippen LogP) is 0.575. The Kier molecular flexibility index (Phi) is 4.39. The third kappa shape index (κ3) is 2.96. The Morgan fingerprint density at radius 2 is 2.19 bits per heavy atom. The molecule has 2 rings (SSSR count). The number of primary amides is 1. The highest BCUT2D eigenvalue weighted by atomic mass is 35.5. The second-order valence-corrected chi connectivity index (χ2v) is 4.77. The van der Waals surface area contributed by atoms with Gasteiger partial charge in [0, 0.05) is 12.6 Å². The lowest BCUT2D eigenvalue weighted by molar-refractivity contribution is -0.384. The van der Waals surface area contributed by atoms with Crippen molar-refractivity contribution in [2.45, 2.75) is 6.04 Å². The van der Waals surface area contributed by atoms with Crippen LogP contribution in [0.3, 0.4) is 0 Å². The van der Waals surface area contributed by atoms with Crippen LogP contribution in [-0.4, -0.2) is 47.4 Å². The smallest absolute Gasteiger partial charge is 0.288 e. The van der Waals surface area contributed by atoms with Gasteiger partial charge in [0.05, 0.1) is 23.7 Å². The number of morpholine rings is 1. The van der Waals surface area contributed by atoms with Gasteiger partial charge in [-0.25, -0.2) is 0 Å². The number of amides is 2. The van der Waals surface area contributed by atoms with E-state index in [4.69, 9.17) is 22.1 Å². The van der Waals surface area contributed by atoms with Crippen molar-refractivity contribution in [1.29, 1.82) is 0 Å². The van der Waals surface area contributed by atoms with Gasteiger partial charge in [0.25, 0.3) is 11.6 Å². The number of nitro benzene ring substituents is 1. The van der Waals surface area contributed by atoms with E-state index >= 15 is 0 Å². The van der Waals surface area contributed by atoms with E-state index in [1.165, 1.54) is 23.1 Å². The lowest BCUT2D eigenvalue weighted by atomic mass is 10.1. The average Bonchev–Trinajstić information content (AvgIpc) is 2.46. The van der Waals surface area contributed by atoms with Gasteiger partial charge in [0.15, 0.2) is 0 Å². The van der Waals surface area contributed by atoms with Crippen molar-refractivity contribution in [3.63, 3.8) is 0 Å². The van der Waals surface area contributed by atoms with Gasteiger partial charge in [-0.1, -0.05) is 17.7 Å². The summed E-state index contributed by atoms with van der Waals surface area (Å²) in [5.41, 5.74) is 4.82. The van der Waals surface area contributed by atoms with E-state index in [9.17, 15) is 19.7 Å². The molecule has 0 saturated carbocycles. The molecule has 0 spiro atoms. The van der Waals surface area contributed by atoms with Crippen LogP contribution in [0.25, 0.3) is 0 Å². The van der Waals surface area contributed by atoms with Crippen molar-refractivity contribution >= 4 is 29.1 Å². The van der Waals surface area contributed by atoms with Gasteiger partial charge in [-0.3, -0.25) is 19.7 Å². The molecular weight excluding hydrogens is 302 g/mol. The number of rotatable bonds is 3. The van der Waals surface area contributed by atoms with E-state index < -0.39 is 22.8 Å². The molecule has 112 valence electrons. The summed E-state index contributed by atoms with van der Waals surface area (Å²) in [4.78, 5) is 35.2. The second-order valence-electron chi connectivity index (χ2n) is 4.39. The quantitative estimate of drug-likeness (QED) is 0.647. The number of carbonyl (C=O) groups excluding carboxylic acids is 2. The van der Waals surface area contributed by atoms with Gasteiger partial charge in [-0.05, 0) is 6.07 Å². The fourth-order valence-corrected chi connectivity index (χ4v) is 2.34. The highest BCUT2D eigenvalue weighted by Crippen LogP contribution is 2.29. The zero-order valence-corrected chi connectivity index (χ0v) is 11.6. The molecule has 1 aliphatic heterocycles. The molecule has 0 aliphatic carbocycles. The Morgan fingerprint density at radius 3 is 2.81 bits per heavy atom. The summed E-state index contributed by atoms with van der Waals surface area (Å²) in [6.45, 7) is 0.404. The minimum atomic E-state index is -0.915. The minimum absolute atomic E-state index is 0.00633. The van der Waals surface area contributed by atoms with Crippen LogP contribution in [0, 0.1) is 10.1 Å². The number of ether oxygens (including phenoxy) is 1. The topological polar surface area (TPSA) is 116 Å². The summed E-state index contributed by atoms with van der Waals surface area (Å²) < 4.78 is 5.12. The molecule has 0 bridgehead atoms. The number of benzene rings is 1. The van der Waals surface area contributed by atoms with Crippen LogP contribution < -0.4 is 5.73 Å². The van der Waals surface area contributed by atoms with Crippen LogP contribution in [0.1, 0.15) is 10.4 Å². The summed E-state index contributed by atoms with van der Waals surface area (Å²) in [7, 11) is 0. The third-order valence-electron chi connectivity index (χ3n) is 3.12. The van der Waals surface area contributed by atoms with Crippen molar-refractivity contribution < 1.29 is 19.2 Å². The van der Waals surface area contributed by atoms with Crippen LogP contribution in [0.2, 0.25) is 5.02 Å². The Bertz CT molecular complexity index is 607. The monoisotopic (exact) mass is 313 g/mol. The zero-order valence-electron chi connectivity index (χ0n) is 10.8. The van der Waals surface area contributed by atoms with Crippen LogP contribution in [0.15, 0.2) is 18.2 Å². The first-order chi connectivity index (χ1) is 9.93. The number of hydrogen-bond donors (Lipinski definition) is 1. The van der Waals surface area contributed by atoms with Crippen molar-refractivity contribution in [2.75, 3.05) is 19.8 Å². The molecule has 2 N–H and O–H groups in total. The van der Waals surface area contributed by atoms with Crippen molar-refractivity contribution in [3.05, 3.63) is 38.9 Å². The minimum Gasteiger partial charge on any atom is -0.377 e. The number of nitro groups is 1. The maximum absolute atomic E-state index is 12.5. The molecule has 1 saturated heterocycles. The summed E-state index contributed by atoms with van der Waals surface area (Å²) in [5, 5.41) is 10.6. The van der Waals surface area contributed by atoms with Gasteiger partial charge in [0.1, 0.15) is 11.1 Å². The van der Waals surface area contributed by atoms with Crippen molar-refractivity contribution in [1.82, 2.24) is 4.90 Å². The predicted molar refractivity (Wildman–Crippen MR) is 72.9 cm³/mol. The van der Waals surface area contributed by atoms with E-state index in [-0.39, 0.29) is 36.0 Å². The maximum atomic E-state index is 12.5. The molecule has 0 aromatic heterocycles. The Morgan fingerprint density at radius 1 is 1.48 bits per heavy atom. The number of nitrogens with zero attached hydrogens (tertiary/aromatic N) is 2. The van der Waals surface area contributed by atoms with Gasteiger partial charge in [-0.15, -0.1) is 0 Å².